The fourth-order valence-corrected chi connectivity index (χ4v) is 2.93. The zero-order valence-corrected chi connectivity index (χ0v) is 16.0. The molecule has 30 heavy (non-hydrogen) atoms. The molecule has 0 saturated heterocycles. The zero-order chi connectivity index (χ0) is 22.1. The number of benzene rings is 2. The number of hydrogen-bond donors (Lipinski definition) is 3. The topological polar surface area (TPSA) is 78.3 Å². The van der Waals surface area contributed by atoms with Crippen LogP contribution in [0.2, 0.25) is 0 Å². The van der Waals surface area contributed by atoms with E-state index in [4.69, 9.17) is 0 Å². The molecule has 3 aromatic rings. The summed E-state index contributed by atoms with van der Waals surface area (Å²) in [5.41, 5.74) is -1.29. The maximum Gasteiger partial charge on any atom is 0.416 e. The number of aromatic hydroxyl groups is 1. The van der Waals surface area contributed by atoms with E-state index in [2.05, 4.69) is 27.4 Å². The molecule has 1 atom stereocenters. The maximum absolute atomic E-state index is 14.6. The number of hydrogen-bond acceptors (Lipinski definition) is 5. The summed E-state index contributed by atoms with van der Waals surface area (Å²) in [7, 11) is 0. The Kier molecular flexibility index (Phi) is 5.80. The van der Waals surface area contributed by atoms with E-state index in [0.717, 1.165) is 0 Å². The molecule has 0 unspecified atom stereocenters. The molecule has 0 saturated carbocycles. The molecule has 0 radical (unpaired) electrons. The second-order valence-corrected chi connectivity index (χ2v) is 6.61. The number of rotatable bonds is 4. The highest BCUT2D eigenvalue weighted by molar-refractivity contribution is 6.01. The van der Waals surface area contributed by atoms with Gasteiger partial charge in [-0.3, -0.25) is 0 Å². The molecule has 0 aliphatic heterocycles. The lowest BCUT2D eigenvalue weighted by Gasteiger charge is -2.15. The Labute approximate surface area is 169 Å². The number of halogens is 4. The van der Waals surface area contributed by atoms with E-state index in [1.54, 1.807) is 32.0 Å². The second-order valence-electron chi connectivity index (χ2n) is 6.61. The van der Waals surface area contributed by atoms with Gasteiger partial charge in [0, 0.05) is 22.9 Å². The van der Waals surface area contributed by atoms with Crippen LogP contribution < -0.4 is 5.32 Å². The molecule has 3 rings (SSSR count). The van der Waals surface area contributed by atoms with Crippen LogP contribution in [0, 0.1) is 17.7 Å². The van der Waals surface area contributed by atoms with Gasteiger partial charge in [0.1, 0.15) is 17.3 Å². The monoisotopic (exact) mass is 419 g/mol. The van der Waals surface area contributed by atoms with Crippen molar-refractivity contribution in [3.8, 4) is 28.8 Å². The second kappa shape index (κ2) is 8.16. The molecule has 0 amide bonds. The van der Waals surface area contributed by atoms with Gasteiger partial charge in [-0.05, 0) is 38.1 Å². The number of aliphatic hydroxyl groups excluding tert-OH is 1. The summed E-state index contributed by atoms with van der Waals surface area (Å²) < 4.78 is 53.3. The molecule has 0 aliphatic rings. The van der Waals surface area contributed by atoms with Gasteiger partial charge in [-0.25, -0.2) is 4.39 Å². The van der Waals surface area contributed by atoms with E-state index in [1.807, 2.05) is 0 Å². The molecule has 2 aromatic carbocycles. The van der Waals surface area contributed by atoms with Crippen LogP contribution in [0.5, 0.6) is 5.75 Å². The minimum absolute atomic E-state index is 0.118. The first-order valence-corrected chi connectivity index (χ1v) is 8.87. The maximum atomic E-state index is 14.6. The van der Waals surface area contributed by atoms with Crippen molar-refractivity contribution in [2.24, 2.45) is 0 Å². The van der Waals surface area contributed by atoms with Crippen molar-refractivity contribution >= 4 is 16.6 Å². The Bertz CT molecular complexity index is 1140. The number of alkyl halides is 3. The highest BCUT2D eigenvalue weighted by Crippen LogP contribution is 2.40. The summed E-state index contributed by atoms with van der Waals surface area (Å²) in [6, 6.07) is 5.62. The van der Waals surface area contributed by atoms with E-state index in [0.29, 0.717) is 28.5 Å². The number of fused-ring (bicyclic) bond motifs is 1. The Morgan fingerprint density at radius 3 is 2.47 bits per heavy atom. The highest BCUT2D eigenvalue weighted by Gasteiger charge is 2.33. The fourth-order valence-electron chi connectivity index (χ4n) is 2.93. The zero-order valence-electron chi connectivity index (χ0n) is 16.0. The quantitative estimate of drug-likeness (QED) is 0.434. The molecule has 0 aliphatic carbocycles. The Morgan fingerprint density at radius 1 is 1.13 bits per heavy atom. The van der Waals surface area contributed by atoms with Crippen molar-refractivity contribution in [3.63, 3.8) is 0 Å². The number of nitrogens with zero attached hydrogens (tertiary/aromatic N) is 2. The van der Waals surface area contributed by atoms with E-state index in [1.165, 1.54) is 0 Å². The van der Waals surface area contributed by atoms with Gasteiger partial charge < -0.3 is 15.5 Å². The molecule has 3 N–H and O–H groups in total. The van der Waals surface area contributed by atoms with Gasteiger partial charge in [-0.2, -0.15) is 13.2 Å². The molecule has 9 heteroatoms. The van der Waals surface area contributed by atoms with Crippen LogP contribution in [-0.2, 0) is 6.18 Å². The van der Waals surface area contributed by atoms with Crippen LogP contribution in [-0.4, -0.2) is 33.1 Å². The van der Waals surface area contributed by atoms with Gasteiger partial charge in [0.05, 0.1) is 17.2 Å². The van der Waals surface area contributed by atoms with Crippen molar-refractivity contribution in [2.75, 3.05) is 11.9 Å². The molecular formula is C21H17F4N3O2. The third-order valence-corrected chi connectivity index (χ3v) is 4.25. The summed E-state index contributed by atoms with van der Waals surface area (Å²) in [6.07, 6.45) is -5.50. The van der Waals surface area contributed by atoms with Crippen LogP contribution in [0.15, 0.2) is 30.3 Å². The summed E-state index contributed by atoms with van der Waals surface area (Å²) in [4.78, 5) is 0. The van der Waals surface area contributed by atoms with Gasteiger partial charge in [-0.15, -0.1) is 16.1 Å². The van der Waals surface area contributed by atoms with Crippen molar-refractivity contribution < 1.29 is 27.8 Å². The average Bonchev–Trinajstić information content (AvgIpc) is 2.65. The SMILES string of the molecule is CC#Cc1ccc2c(-c3c(O)cc(C(F)(F)F)cc3F)nnc(NC[C@H](C)O)c2c1. The summed E-state index contributed by atoms with van der Waals surface area (Å²) in [5.74, 6) is 3.72. The fraction of sp³-hybridized carbons (Fsp3) is 0.238. The summed E-state index contributed by atoms with van der Waals surface area (Å²) >= 11 is 0. The summed E-state index contributed by atoms with van der Waals surface area (Å²) in [6.45, 7) is 3.38. The standard InChI is InChI=1S/C21H17F4N3O2/c1-3-4-12-5-6-14-15(7-12)20(26-10-11(2)29)28-27-19(14)18-16(22)8-13(9-17(18)30)21(23,24)25/h5-9,11,29-30H,10H2,1-2H3,(H,26,28)/t11-/m0/s1. The number of nitrogens with one attached hydrogen (secondary N) is 1. The largest absolute Gasteiger partial charge is 0.507 e. The first-order chi connectivity index (χ1) is 14.1. The molecule has 0 bridgehead atoms. The number of aliphatic hydroxyl groups is 1. The Balaban J connectivity index is 2.25. The van der Waals surface area contributed by atoms with E-state index < -0.39 is 35.0 Å². The van der Waals surface area contributed by atoms with E-state index in [9.17, 15) is 27.8 Å². The van der Waals surface area contributed by atoms with Crippen molar-refractivity contribution in [2.45, 2.75) is 26.1 Å². The highest BCUT2D eigenvalue weighted by atomic mass is 19.4. The normalized spacial score (nSPS) is 12.4. The molecule has 5 nitrogen and oxygen atoms in total. The lowest BCUT2D eigenvalue weighted by atomic mass is 10.00. The lowest BCUT2D eigenvalue weighted by molar-refractivity contribution is -0.137. The predicted octanol–water partition coefficient (Wildman–Crippen LogP) is 4.32. The Hall–Kier alpha value is -3.38. The molecule has 1 heterocycles. The first-order valence-electron chi connectivity index (χ1n) is 8.87. The van der Waals surface area contributed by atoms with Crippen LogP contribution >= 0.6 is 0 Å². The van der Waals surface area contributed by atoms with Crippen LogP contribution in [0.3, 0.4) is 0 Å². The van der Waals surface area contributed by atoms with Crippen molar-refractivity contribution in [1.29, 1.82) is 0 Å². The van der Waals surface area contributed by atoms with Gasteiger partial charge in [-0.1, -0.05) is 12.0 Å². The Morgan fingerprint density at radius 2 is 1.87 bits per heavy atom. The third-order valence-electron chi connectivity index (χ3n) is 4.25. The molecule has 0 spiro atoms. The molecular weight excluding hydrogens is 402 g/mol. The van der Waals surface area contributed by atoms with Crippen molar-refractivity contribution in [3.05, 3.63) is 47.3 Å². The number of anilines is 1. The van der Waals surface area contributed by atoms with Crippen LogP contribution in [0.1, 0.15) is 25.0 Å². The smallest absolute Gasteiger partial charge is 0.416 e. The molecule has 1 aromatic heterocycles. The minimum atomic E-state index is -4.81. The third kappa shape index (κ3) is 4.28. The summed E-state index contributed by atoms with van der Waals surface area (Å²) in [5, 5.41) is 31.3. The average molecular weight is 419 g/mol. The van der Waals surface area contributed by atoms with E-state index in [-0.39, 0.29) is 18.1 Å². The minimum Gasteiger partial charge on any atom is -0.507 e. The van der Waals surface area contributed by atoms with Crippen molar-refractivity contribution in [1.82, 2.24) is 10.2 Å². The first kappa shape index (κ1) is 21.3. The van der Waals surface area contributed by atoms with Gasteiger partial charge >= 0.3 is 6.18 Å². The van der Waals surface area contributed by atoms with Gasteiger partial charge in [0.15, 0.2) is 5.82 Å². The number of aromatic nitrogens is 2. The number of phenolic OH excluding ortho intramolecular Hbond substituents is 1. The van der Waals surface area contributed by atoms with Crippen LogP contribution in [0.4, 0.5) is 23.4 Å². The lowest BCUT2D eigenvalue weighted by Crippen LogP contribution is -2.16. The predicted molar refractivity (Wildman–Crippen MR) is 104 cm³/mol. The molecule has 156 valence electrons. The van der Waals surface area contributed by atoms with Gasteiger partial charge in [0.25, 0.3) is 0 Å². The van der Waals surface area contributed by atoms with Gasteiger partial charge in [0.2, 0.25) is 0 Å². The van der Waals surface area contributed by atoms with E-state index >= 15 is 0 Å². The van der Waals surface area contributed by atoms with Crippen LogP contribution in [0.25, 0.3) is 22.0 Å². The molecule has 0 fully saturated rings. The number of phenols is 1.